The van der Waals surface area contributed by atoms with E-state index in [1.54, 1.807) is 0 Å². The van der Waals surface area contributed by atoms with E-state index >= 15 is 0 Å². The second-order valence-electron chi connectivity index (χ2n) is 5.29. The molecule has 2 aromatic rings. The van der Waals surface area contributed by atoms with Gasteiger partial charge in [0.2, 0.25) is 10.0 Å². The lowest BCUT2D eigenvalue weighted by molar-refractivity contribution is -0.137. The molecule has 1 aromatic carbocycles. The first-order valence-electron chi connectivity index (χ1n) is 7.23. The minimum Gasteiger partial charge on any atom is -0.368 e. The number of alkyl halides is 3. The zero-order valence-electron chi connectivity index (χ0n) is 13.4. The number of benzene rings is 1. The molecule has 0 bridgehead atoms. The maximum atomic E-state index is 13.1. The smallest absolute Gasteiger partial charge is 0.368 e. The number of hydrogen-bond acceptors (Lipinski definition) is 4. The topological polar surface area (TPSA) is 71.1 Å². The number of halogens is 5. The molecular formula is C15H14ClF4N3O2S. The van der Waals surface area contributed by atoms with Crippen LogP contribution in [-0.4, -0.2) is 26.5 Å². The second kappa shape index (κ2) is 7.77. The van der Waals surface area contributed by atoms with Gasteiger partial charge >= 0.3 is 6.18 Å². The van der Waals surface area contributed by atoms with Gasteiger partial charge in [-0.3, -0.25) is 0 Å². The predicted octanol–water partition coefficient (Wildman–Crippen LogP) is 3.59. The van der Waals surface area contributed by atoms with Gasteiger partial charge in [0, 0.05) is 19.3 Å². The van der Waals surface area contributed by atoms with Gasteiger partial charge in [0.1, 0.15) is 11.6 Å². The van der Waals surface area contributed by atoms with Crippen molar-refractivity contribution < 1.29 is 26.0 Å². The molecule has 11 heteroatoms. The molecule has 2 N–H and O–H groups in total. The third kappa shape index (κ3) is 5.05. The molecule has 0 spiro atoms. The molecular weight excluding hydrogens is 398 g/mol. The fourth-order valence-corrected chi connectivity index (χ4v) is 3.57. The molecule has 26 heavy (non-hydrogen) atoms. The SMILES string of the molecule is Cc1cc(F)ccc1S(=O)(=O)NCCNc1ncc(C(F)(F)F)cc1Cl. The Balaban J connectivity index is 1.96. The zero-order chi connectivity index (χ0) is 19.5. The minimum absolute atomic E-state index is 0.00294. The summed E-state index contributed by atoms with van der Waals surface area (Å²) >= 11 is 5.74. The van der Waals surface area contributed by atoms with Crippen molar-refractivity contribution in [1.29, 1.82) is 0 Å². The van der Waals surface area contributed by atoms with Crippen LogP contribution in [0.2, 0.25) is 5.02 Å². The van der Waals surface area contributed by atoms with E-state index in [9.17, 15) is 26.0 Å². The third-order valence-electron chi connectivity index (χ3n) is 3.30. The highest BCUT2D eigenvalue weighted by Crippen LogP contribution is 2.32. The van der Waals surface area contributed by atoms with Gasteiger partial charge < -0.3 is 5.32 Å². The van der Waals surface area contributed by atoms with E-state index in [1.807, 2.05) is 0 Å². The maximum absolute atomic E-state index is 13.1. The molecule has 5 nitrogen and oxygen atoms in total. The molecule has 2 rings (SSSR count). The summed E-state index contributed by atoms with van der Waals surface area (Å²) < 4.78 is 77.3. The third-order valence-corrected chi connectivity index (χ3v) is 5.21. The van der Waals surface area contributed by atoms with Crippen LogP contribution in [0.1, 0.15) is 11.1 Å². The van der Waals surface area contributed by atoms with E-state index < -0.39 is 27.6 Å². The first-order chi connectivity index (χ1) is 12.0. The van der Waals surface area contributed by atoms with Crippen LogP contribution in [0.15, 0.2) is 35.4 Å². The number of aryl methyl sites for hydroxylation is 1. The Labute approximate surface area is 152 Å². The fraction of sp³-hybridized carbons (Fsp3) is 0.267. The van der Waals surface area contributed by atoms with Gasteiger partial charge in [-0.15, -0.1) is 0 Å². The molecule has 0 saturated heterocycles. The first kappa shape index (κ1) is 20.4. The Morgan fingerprint density at radius 3 is 2.46 bits per heavy atom. The van der Waals surface area contributed by atoms with Crippen molar-refractivity contribution in [1.82, 2.24) is 9.71 Å². The molecule has 1 heterocycles. The van der Waals surface area contributed by atoms with Crippen LogP contribution in [0.5, 0.6) is 0 Å². The molecule has 1 aromatic heterocycles. The Morgan fingerprint density at radius 2 is 1.88 bits per heavy atom. The standard InChI is InChI=1S/C15H14ClF4N3O2S/c1-9-6-11(17)2-3-13(9)26(24,25)23-5-4-21-14-12(16)7-10(8-22-14)15(18,19)20/h2-3,6-8,23H,4-5H2,1H3,(H,21,22). The number of hydrogen-bond donors (Lipinski definition) is 2. The summed E-state index contributed by atoms with van der Waals surface area (Å²) in [5.74, 6) is -0.553. The zero-order valence-corrected chi connectivity index (χ0v) is 14.9. The molecule has 0 amide bonds. The van der Waals surface area contributed by atoms with Crippen molar-refractivity contribution in [2.24, 2.45) is 0 Å². The summed E-state index contributed by atoms with van der Waals surface area (Å²) in [5, 5.41) is 2.40. The van der Waals surface area contributed by atoms with Crippen molar-refractivity contribution in [2.75, 3.05) is 18.4 Å². The van der Waals surface area contributed by atoms with Crippen LogP contribution in [0, 0.1) is 12.7 Å². The Morgan fingerprint density at radius 1 is 1.19 bits per heavy atom. The van der Waals surface area contributed by atoms with Gasteiger partial charge in [-0.1, -0.05) is 11.6 Å². The van der Waals surface area contributed by atoms with Gasteiger partial charge in [0.15, 0.2) is 0 Å². The van der Waals surface area contributed by atoms with Gasteiger partial charge in [0.25, 0.3) is 0 Å². The predicted molar refractivity (Wildman–Crippen MR) is 89.1 cm³/mol. The average Bonchev–Trinajstić information content (AvgIpc) is 2.51. The summed E-state index contributed by atoms with van der Waals surface area (Å²) in [4.78, 5) is 3.51. The van der Waals surface area contributed by atoms with Crippen LogP contribution in [0.4, 0.5) is 23.4 Å². The molecule has 0 unspecified atom stereocenters. The second-order valence-corrected chi connectivity index (χ2v) is 7.43. The molecule has 0 aliphatic carbocycles. The number of anilines is 1. The van der Waals surface area contributed by atoms with Crippen LogP contribution >= 0.6 is 11.6 Å². The Kier molecular flexibility index (Phi) is 6.09. The highest BCUT2D eigenvalue weighted by atomic mass is 35.5. The number of pyridine rings is 1. The molecule has 0 aliphatic heterocycles. The van der Waals surface area contributed by atoms with E-state index in [-0.39, 0.29) is 34.4 Å². The molecule has 0 fully saturated rings. The summed E-state index contributed by atoms with van der Waals surface area (Å²) in [5.41, 5.74) is -0.738. The van der Waals surface area contributed by atoms with E-state index in [2.05, 4.69) is 15.0 Å². The van der Waals surface area contributed by atoms with Gasteiger partial charge in [-0.25, -0.2) is 22.5 Å². The van der Waals surface area contributed by atoms with Gasteiger partial charge in [-0.2, -0.15) is 13.2 Å². The van der Waals surface area contributed by atoms with Crippen molar-refractivity contribution in [3.05, 3.63) is 52.4 Å². The average molecular weight is 412 g/mol. The summed E-state index contributed by atoms with van der Waals surface area (Å²) in [7, 11) is -3.86. The van der Waals surface area contributed by atoms with Crippen LogP contribution in [-0.2, 0) is 16.2 Å². The lowest BCUT2D eigenvalue weighted by atomic mass is 10.2. The monoisotopic (exact) mass is 411 g/mol. The number of rotatable bonds is 6. The maximum Gasteiger partial charge on any atom is 0.417 e. The molecule has 0 aliphatic rings. The van der Waals surface area contributed by atoms with Crippen LogP contribution < -0.4 is 10.0 Å². The lowest BCUT2D eigenvalue weighted by Gasteiger charge is -2.12. The molecule has 0 atom stereocenters. The normalized spacial score (nSPS) is 12.2. The Hall–Kier alpha value is -1.91. The summed E-state index contributed by atoms with van der Waals surface area (Å²) in [6.07, 6.45) is -3.93. The minimum atomic E-state index is -4.56. The van der Waals surface area contributed by atoms with E-state index in [0.29, 0.717) is 6.20 Å². The van der Waals surface area contributed by atoms with Crippen molar-refractivity contribution in [3.8, 4) is 0 Å². The van der Waals surface area contributed by atoms with Crippen LogP contribution in [0.25, 0.3) is 0 Å². The molecule has 0 saturated carbocycles. The summed E-state index contributed by atoms with van der Waals surface area (Å²) in [6, 6.07) is 4.00. The number of nitrogens with zero attached hydrogens (tertiary/aromatic N) is 1. The van der Waals surface area contributed by atoms with E-state index in [4.69, 9.17) is 11.6 Å². The van der Waals surface area contributed by atoms with Gasteiger partial charge in [0.05, 0.1) is 15.5 Å². The fourth-order valence-electron chi connectivity index (χ4n) is 2.08. The van der Waals surface area contributed by atoms with Gasteiger partial charge in [-0.05, 0) is 36.8 Å². The van der Waals surface area contributed by atoms with Crippen molar-refractivity contribution in [2.45, 2.75) is 18.0 Å². The number of sulfonamides is 1. The molecule has 0 radical (unpaired) electrons. The Bertz CT molecular complexity index is 904. The van der Waals surface area contributed by atoms with E-state index in [1.165, 1.54) is 6.92 Å². The number of aromatic nitrogens is 1. The van der Waals surface area contributed by atoms with Crippen LogP contribution in [0.3, 0.4) is 0 Å². The quantitative estimate of drug-likeness (QED) is 0.563. The molecule has 142 valence electrons. The highest BCUT2D eigenvalue weighted by molar-refractivity contribution is 7.89. The largest absolute Gasteiger partial charge is 0.417 e. The van der Waals surface area contributed by atoms with Crippen molar-refractivity contribution >= 4 is 27.4 Å². The summed E-state index contributed by atoms with van der Waals surface area (Å²) in [6.45, 7) is 1.40. The number of nitrogens with one attached hydrogen (secondary N) is 2. The highest BCUT2D eigenvalue weighted by Gasteiger charge is 2.31. The van der Waals surface area contributed by atoms with E-state index in [0.717, 1.165) is 24.3 Å². The lowest BCUT2D eigenvalue weighted by Crippen LogP contribution is -2.29. The van der Waals surface area contributed by atoms with Crippen molar-refractivity contribution in [3.63, 3.8) is 0 Å². The first-order valence-corrected chi connectivity index (χ1v) is 9.09.